The number of nitrogens with zero attached hydrogens (tertiary/aromatic N) is 6. The molecule has 1 aromatic heterocycles. The molecule has 0 bridgehead atoms. The van der Waals surface area contributed by atoms with E-state index in [4.69, 9.17) is 42.1 Å². The average molecular weight is 708 g/mol. The lowest BCUT2D eigenvalue weighted by Crippen LogP contribution is -2.52. The maximum atomic E-state index is 14.3. The number of rotatable bonds is 8. The van der Waals surface area contributed by atoms with Gasteiger partial charge in [-0.3, -0.25) is 19.9 Å². The molecule has 0 aliphatic heterocycles. The molecule has 0 aliphatic rings. The van der Waals surface area contributed by atoms with E-state index < -0.39 is 39.8 Å². The van der Waals surface area contributed by atoms with Gasteiger partial charge >= 0.3 is 18.1 Å². The molecule has 0 spiro atoms. The number of carbonyl (C=O) groups is 3. The minimum atomic E-state index is -1.03. The first-order valence-electron chi connectivity index (χ1n) is 14.2. The van der Waals surface area contributed by atoms with Gasteiger partial charge in [0.2, 0.25) is 0 Å². The molecule has 0 saturated heterocycles. The lowest BCUT2D eigenvalue weighted by Gasteiger charge is -2.39. The number of anilines is 4. The maximum Gasteiger partial charge on any atom is 0.420 e. The van der Waals surface area contributed by atoms with Crippen LogP contribution in [0.3, 0.4) is 0 Å². The van der Waals surface area contributed by atoms with Gasteiger partial charge in [-0.05, 0) is 53.7 Å². The van der Waals surface area contributed by atoms with Gasteiger partial charge in [-0.1, -0.05) is 23.2 Å². The quantitative estimate of drug-likeness (QED) is 0.130. The van der Waals surface area contributed by atoms with Gasteiger partial charge in [0.05, 0.1) is 37.5 Å². The Bertz CT molecular complexity index is 1710. The number of carbonyl (C=O) groups excluding carboxylic acids is 3. The van der Waals surface area contributed by atoms with Crippen LogP contribution in [-0.2, 0) is 9.47 Å². The zero-order valence-electron chi connectivity index (χ0n) is 28.1. The number of nitro groups is 1. The first kappa shape index (κ1) is 37.6. The summed E-state index contributed by atoms with van der Waals surface area (Å²) >= 11 is 13.4. The van der Waals surface area contributed by atoms with Crippen LogP contribution in [0.4, 0.5) is 38.3 Å². The molecule has 0 N–H and O–H groups in total. The summed E-state index contributed by atoms with van der Waals surface area (Å²) in [5.74, 6) is -0.632. The molecule has 48 heavy (non-hydrogen) atoms. The summed E-state index contributed by atoms with van der Waals surface area (Å²) in [4.78, 5) is 63.2. The largest absolute Gasteiger partial charge is 0.495 e. The molecule has 3 aromatic rings. The second-order valence-corrected chi connectivity index (χ2v) is 12.9. The molecule has 0 saturated carbocycles. The highest BCUT2D eigenvalue weighted by Gasteiger charge is 2.37. The van der Waals surface area contributed by atoms with E-state index in [1.165, 1.54) is 50.4 Å². The van der Waals surface area contributed by atoms with Crippen LogP contribution in [-0.4, -0.2) is 72.5 Å². The Morgan fingerprint density at radius 2 is 1.44 bits per heavy atom. The van der Waals surface area contributed by atoms with E-state index in [-0.39, 0.29) is 50.1 Å². The zero-order chi connectivity index (χ0) is 36.3. The normalized spacial score (nSPS) is 11.3. The summed E-state index contributed by atoms with van der Waals surface area (Å²) in [5, 5.41) is 12.3. The molecule has 3 rings (SSSR count). The second-order valence-electron chi connectivity index (χ2n) is 12.1. The van der Waals surface area contributed by atoms with Gasteiger partial charge in [0.15, 0.2) is 0 Å². The van der Waals surface area contributed by atoms with Crippen LogP contribution in [0.25, 0.3) is 0 Å². The van der Waals surface area contributed by atoms with Gasteiger partial charge in [-0.25, -0.2) is 29.3 Å². The summed E-state index contributed by atoms with van der Waals surface area (Å²) in [7, 11) is 5.35. The fourth-order valence-electron chi connectivity index (χ4n) is 4.40. The molecule has 17 heteroatoms. The molecule has 3 amide bonds. The smallest absolute Gasteiger partial charge is 0.420 e. The predicted octanol–water partition coefficient (Wildman–Crippen LogP) is 7.43. The molecule has 0 fully saturated rings. The highest BCUT2D eigenvalue weighted by atomic mass is 35.5. The van der Waals surface area contributed by atoms with Crippen LogP contribution in [0.15, 0.2) is 36.7 Å². The number of benzene rings is 2. The van der Waals surface area contributed by atoms with Crippen molar-refractivity contribution in [3.63, 3.8) is 0 Å². The monoisotopic (exact) mass is 706 g/mol. The molecule has 0 unspecified atom stereocenters. The van der Waals surface area contributed by atoms with Crippen LogP contribution in [0, 0.1) is 10.1 Å². The molecule has 258 valence electrons. The third kappa shape index (κ3) is 7.97. The SMILES string of the molecule is COC(=O)c1ccc(N(C(=O)OC(C)(C)C)c2cc(N(C)C(=O)N(c3c(Cl)c(OC)cc(OC)c3Cl)C(C)(C)C)ncn2)c([N+](=O)[O-])c1. The number of nitro benzene ring substituents is 1. The van der Waals surface area contributed by atoms with E-state index in [1.54, 1.807) is 41.5 Å². The average Bonchev–Trinajstić information content (AvgIpc) is 3.01. The van der Waals surface area contributed by atoms with E-state index in [1.807, 2.05) is 0 Å². The Labute approximate surface area is 287 Å². The number of aromatic nitrogens is 2. The number of ether oxygens (including phenoxy) is 4. The van der Waals surface area contributed by atoms with E-state index in [2.05, 4.69) is 9.97 Å². The topological polar surface area (TPSA) is 167 Å². The highest BCUT2D eigenvalue weighted by Crippen LogP contribution is 2.48. The summed E-state index contributed by atoms with van der Waals surface area (Å²) in [6.07, 6.45) is 0.0320. The zero-order valence-corrected chi connectivity index (χ0v) is 29.6. The Hall–Kier alpha value is -4.89. The number of methoxy groups -OCH3 is 3. The van der Waals surface area contributed by atoms with Crippen molar-refractivity contribution in [3.8, 4) is 11.5 Å². The Kier molecular flexibility index (Phi) is 11.3. The van der Waals surface area contributed by atoms with Crippen molar-refractivity contribution in [2.45, 2.75) is 52.7 Å². The highest BCUT2D eigenvalue weighted by molar-refractivity contribution is 6.42. The van der Waals surface area contributed by atoms with Crippen molar-refractivity contribution in [3.05, 3.63) is 62.4 Å². The third-order valence-corrected chi connectivity index (χ3v) is 7.27. The number of urea groups is 1. The van der Waals surface area contributed by atoms with Crippen LogP contribution < -0.4 is 24.2 Å². The Morgan fingerprint density at radius 1 is 0.875 bits per heavy atom. The maximum absolute atomic E-state index is 14.3. The molecule has 1 heterocycles. The predicted molar refractivity (Wildman–Crippen MR) is 180 cm³/mol. The van der Waals surface area contributed by atoms with Gasteiger partial charge in [-0.2, -0.15) is 0 Å². The van der Waals surface area contributed by atoms with E-state index in [9.17, 15) is 24.5 Å². The number of esters is 1. The van der Waals surface area contributed by atoms with Gasteiger partial charge in [0, 0.05) is 30.8 Å². The molecule has 0 atom stereocenters. The number of amides is 3. The summed E-state index contributed by atoms with van der Waals surface area (Å²) in [5.41, 5.74) is -2.88. The van der Waals surface area contributed by atoms with Crippen molar-refractivity contribution < 1.29 is 38.3 Å². The van der Waals surface area contributed by atoms with Crippen molar-refractivity contribution in [1.29, 1.82) is 0 Å². The van der Waals surface area contributed by atoms with E-state index in [0.717, 1.165) is 29.3 Å². The lowest BCUT2D eigenvalue weighted by molar-refractivity contribution is -0.384. The number of hydrogen-bond acceptors (Lipinski definition) is 11. The van der Waals surface area contributed by atoms with Gasteiger partial charge in [0.1, 0.15) is 50.8 Å². The van der Waals surface area contributed by atoms with Gasteiger partial charge < -0.3 is 18.9 Å². The second kappa shape index (κ2) is 14.5. The first-order chi connectivity index (χ1) is 22.3. The lowest BCUT2D eigenvalue weighted by atomic mass is 10.0. The Balaban J connectivity index is 2.23. The van der Waals surface area contributed by atoms with Crippen molar-refractivity contribution in [2.24, 2.45) is 0 Å². The molecule has 0 aliphatic carbocycles. The molecular weight excluding hydrogens is 671 g/mol. The molecule has 2 aromatic carbocycles. The summed E-state index contributed by atoms with van der Waals surface area (Å²) in [6, 6.07) is 5.49. The van der Waals surface area contributed by atoms with Crippen LogP contribution in [0.5, 0.6) is 11.5 Å². The summed E-state index contributed by atoms with van der Waals surface area (Å²) in [6.45, 7) is 10.1. The van der Waals surface area contributed by atoms with Crippen LogP contribution in [0.1, 0.15) is 51.9 Å². The number of hydrogen-bond donors (Lipinski definition) is 0. The van der Waals surface area contributed by atoms with E-state index in [0.29, 0.717) is 0 Å². The fraction of sp³-hybridized carbons (Fsp3) is 0.387. The minimum Gasteiger partial charge on any atom is -0.495 e. The van der Waals surface area contributed by atoms with Gasteiger partial charge in [-0.15, -0.1) is 0 Å². The standard InChI is InChI=1S/C31H36Cl2N6O9/c1-30(2,3)38(26-24(32)20(45-8)14-21(46-9)25(26)33)28(41)36(7)22-15-23(35-16-34-22)37(29(42)48-31(4,5)6)18-12-11-17(27(40)47-10)13-19(18)39(43)44/h11-16H,1-10H3. The van der Waals surface area contributed by atoms with Crippen LogP contribution in [0.2, 0.25) is 10.0 Å². The minimum absolute atomic E-state index is 0.0243. The fourth-order valence-corrected chi connectivity index (χ4v) is 5.07. The number of halogens is 2. The van der Waals surface area contributed by atoms with Crippen molar-refractivity contribution >= 4 is 70.0 Å². The first-order valence-corrected chi connectivity index (χ1v) is 14.9. The molecular formula is C31H36Cl2N6O9. The van der Waals surface area contributed by atoms with Gasteiger partial charge in [0.25, 0.3) is 5.69 Å². The molecule has 15 nitrogen and oxygen atoms in total. The van der Waals surface area contributed by atoms with E-state index >= 15 is 0 Å². The third-order valence-electron chi connectivity index (χ3n) is 6.54. The molecule has 0 radical (unpaired) electrons. The summed E-state index contributed by atoms with van der Waals surface area (Å²) < 4.78 is 21.1. The Morgan fingerprint density at radius 3 is 1.92 bits per heavy atom. The van der Waals surface area contributed by atoms with Crippen molar-refractivity contribution in [2.75, 3.05) is 43.1 Å². The van der Waals surface area contributed by atoms with Crippen LogP contribution >= 0.6 is 23.2 Å². The van der Waals surface area contributed by atoms with Crippen molar-refractivity contribution in [1.82, 2.24) is 9.97 Å².